The Bertz CT molecular complexity index is 777. The molecule has 0 amide bonds. The number of amidine groups is 1. The highest BCUT2D eigenvalue weighted by molar-refractivity contribution is 6.00. The first-order valence-electron chi connectivity index (χ1n) is 8.01. The third kappa shape index (κ3) is 3.52. The molecule has 0 fully saturated rings. The Kier molecular flexibility index (Phi) is 4.53. The van der Waals surface area contributed by atoms with Gasteiger partial charge in [-0.15, -0.1) is 0 Å². The summed E-state index contributed by atoms with van der Waals surface area (Å²) < 4.78 is 54.1. The zero-order chi connectivity index (χ0) is 18.2. The van der Waals surface area contributed by atoms with Gasteiger partial charge in [0, 0.05) is 18.7 Å². The van der Waals surface area contributed by atoms with Crippen LogP contribution >= 0.6 is 0 Å². The van der Waals surface area contributed by atoms with Gasteiger partial charge in [-0.1, -0.05) is 6.92 Å². The van der Waals surface area contributed by atoms with Crippen LogP contribution in [0.2, 0.25) is 0 Å². The molecule has 1 aromatic heterocycles. The van der Waals surface area contributed by atoms with Gasteiger partial charge in [0.05, 0.1) is 18.8 Å². The van der Waals surface area contributed by atoms with Crippen molar-refractivity contribution in [1.29, 1.82) is 0 Å². The molecule has 1 aromatic carbocycles. The van der Waals surface area contributed by atoms with E-state index in [-0.39, 0.29) is 6.42 Å². The van der Waals surface area contributed by atoms with Crippen LogP contribution in [0.25, 0.3) is 0 Å². The van der Waals surface area contributed by atoms with Gasteiger partial charge in [-0.25, -0.2) is 14.4 Å². The van der Waals surface area contributed by atoms with Crippen molar-refractivity contribution in [1.82, 2.24) is 9.55 Å². The summed E-state index contributed by atoms with van der Waals surface area (Å²) in [5.41, 5.74) is 1.28. The molecular weight excluding hydrogens is 336 g/mol. The molecule has 0 radical (unpaired) electrons. The molecular formula is C17H18F4N4. The SMILES string of the molecule is CCn1cnc2c1N=C(CC(C)C(F)(F)F)N(c1ccc(F)cc1)C2. The average molecular weight is 354 g/mol. The van der Waals surface area contributed by atoms with Gasteiger partial charge in [0.25, 0.3) is 0 Å². The lowest BCUT2D eigenvalue weighted by Gasteiger charge is -2.31. The average Bonchev–Trinajstić information content (AvgIpc) is 2.96. The highest BCUT2D eigenvalue weighted by Crippen LogP contribution is 2.34. The first-order valence-corrected chi connectivity index (χ1v) is 8.01. The van der Waals surface area contributed by atoms with Crippen LogP contribution in [0.3, 0.4) is 0 Å². The van der Waals surface area contributed by atoms with E-state index < -0.39 is 17.9 Å². The Morgan fingerprint density at radius 3 is 2.48 bits per heavy atom. The number of anilines is 1. The van der Waals surface area contributed by atoms with E-state index in [1.807, 2.05) is 6.92 Å². The second-order valence-electron chi connectivity index (χ2n) is 6.04. The minimum Gasteiger partial charge on any atom is -0.324 e. The molecule has 25 heavy (non-hydrogen) atoms. The molecule has 0 aliphatic carbocycles. The van der Waals surface area contributed by atoms with Gasteiger partial charge in [0.15, 0.2) is 5.82 Å². The van der Waals surface area contributed by atoms with E-state index in [0.717, 1.165) is 6.92 Å². The first kappa shape index (κ1) is 17.4. The maximum Gasteiger partial charge on any atom is 0.391 e. The first-order chi connectivity index (χ1) is 11.8. The maximum absolute atomic E-state index is 13.2. The lowest BCUT2D eigenvalue weighted by atomic mass is 10.0. The number of aliphatic imine (C=N–C) groups is 1. The molecule has 1 aliphatic rings. The van der Waals surface area contributed by atoms with Crippen LogP contribution in [-0.2, 0) is 13.1 Å². The molecule has 1 unspecified atom stereocenters. The molecule has 0 saturated carbocycles. The molecule has 0 bridgehead atoms. The van der Waals surface area contributed by atoms with Gasteiger partial charge < -0.3 is 9.47 Å². The molecule has 1 aliphatic heterocycles. The number of halogens is 4. The summed E-state index contributed by atoms with van der Waals surface area (Å²) in [5.74, 6) is -1.04. The largest absolute Gasteiger partial charge is 0.391 e. The number of aryl methyl sites for hydroxylation is 1. The second kappa shape index (κ2) is 6.50. The fourth-order valence-corrected chi connectivity index (χ4v) is 2.72. The number of aromatic nitrogens is 2. The van der Waals surface area contributed by atoms with Crippen LogP contribution in [-0.4, -0.2) is 21.6 Å². The number of fused-ring (bicyclic) bond motifs is 1. The van der Waals surface area contributed by atoms with E-state index in [9.17, 15) is 17.6 Å². The van der Waals surface area contributed by atoms with Crippen LogP contribution in [0.15, 0.2) is 35.6 Å². The van der Waals surface area contributed by atoms with Crippen molar-refractivity contribution in [2.24, 2.45) is 10.9 Å². The maximum atomic E-state index is 13.2. The number of alkyl halides is 3. The van der Waals surface area contributed by atoms with Crippen molar-refractivity contribution < 1.29 is 17.6 Å². The quantitative estimate of drug-likeness (QED) is 0.747. The van der Waals surface area contributed by atoms with Crippen molar-refractivity contribution in [2.75, 3.05) is 4.90 Å². The molecule has 8 heteroatoms. The third-order valence-corrected chi connectivity index (χ3v) is 4.26. The topological polar surface area (TPSA) is 33.4 Å². The number of rotatable bonds is 4. The summed E-state index contributed by atoms with van der Waals surface area (Å²) >= 11 is 0. The fourth-order valence-electron chi connectivity index (χ4n) is 2.72. The molecule has 2 heterocycles. The number of imidazole rings is 1. The van der Waals surface area contributed by atoms with Crippen molar-refractivity contribution >= 4 is 17.3 Å². The van der Waals surface area contributed by atoms with E-state index >= 15 is 0 Å². The molecule has 0 spiro atoms. The summed E-state index contributed by atoms with van der Waals surface area (Å²) in [7, 11) is 0. The molecule has 0 N–H and O–H groups in total. The zero-order valence-corrected chi connectivity index (χ0v) is 13.9. The summed E-state index contributed by atoms with van der Waals surface area (Å²) in [6, 6.07) is 5.62. The number of nitrogens with zero attached hydrogens (tertiary/aromatic N) is 4. The highest BCUT2D eigenvalue weighted by atomic mass is 19.4. The van der Waals surface area contributed by atoms with Crippen LogP contribution in [0.4, 0.5) is 29.1 Å². The predicted molar refractivity (Wildman–Crippen MR) is 87.4 cm³/mol. The molecule has 134 valence electrons. The smallest absolute Gasteiger partial charge is 0.324 e. The fraction of sp³-hybridized carbons (Fsp3) is 0.412. The Hall–Kier alpha value is -2.38. The van der Waals surface area contributed by atoms with Crippen LogP contribution in [0.1, 0.15) is 26.0 Å². The lowest BCUT2D eigenvalue weighted by Crippen LogP contribution is -2.36. The summed E-state index contributed by atoms with van der Waals surface area (Å²) in [4.78, 5) is 10.4. The minimum atomic E-state index is -4.30. The van der Waals surface area contributed by atoms with Crippen molar-refractivity contribution in [2.45, 2.75) is 39.5 Å². The van der Waals surface area contributed by atoms with Gasteiger partial charge in [0.2, 0.25) is 0 Å². The van der Waals surface area contributed by atoms with Gasteiger partial charge in [-0.3, -0.25) is 0 Å². The monoisotopic (exact) mass is 354 g/mol. The van der Waals surface area contributed by atoms with Crippen LogP contribution in [0.5, 0.6) is 0 Å². The Labute approximate surface area is 142 Å². The summed E-state index contributed by atoms with van der Waals surface area (Å²) in [6.45, 7) is 3.99. The number of benzene rings is 1. The highest BCUT2D eigenvalue weighted by Gasteiger charge is 2.38. The van der Waals surface area contributed by atoms with E-state index in [0.29, 0.717) is 36.1 Å². The number of hydrogen-bond donors (Lipinski definition) is 0. The minimum absolute atomic E-state index is 0.255. The van der Waals surface area contributed by atoms with Gasteiger partial charge in [0.1, 0.15) is 17.3 Å². The van der Waals surface area contributed by atoms with Crippen molar-refractivity contribution in [3.05, 3.63) is 42.1 Å². The Morgan fingerprint density at radius 2 is 1.88 bits per heavy atom. The summed E-state index contributed by atoms with van der Waals surface area (Å²) in [6.07, 6.45) is -2.93. The van der Waals surface area contributed by atoms with Crippen molar-refractivity contribution in [3.8, 4) is 0 Å². The predicted octanol–water partition coefficient (Wildman–Crippen LogP) is 4.68. The summed E-state index contributed by atoms with van der Waals surface area (Å²) in [5, 5.41) is 0. The standard InChI is InChI=1S/C17H18F4N4/c1-3-24-10-22-14-9-25(13-6-4-12(18)5-7-13)15(23-16(14)24)8-11(2)17(19,20)21/h4-7,10-11H,3,8-9H2,1-2H3. The normalized spacial score (nSPS) is 15.8. The van der Waals surface area contributed by atoms with Gasteiger partial charge >= 0.3 is 6.18 Å². The van der Waals surface area contributed by atoms with Gasteiger partial charge in [-0.05, 0) is 31.2 Å². The molecule has 1 atom stereocenters. The van der Waals surface area contributed by atoms with E-state index in [4.69, 9.17) is 0 Å². The molecule has 4 nitrogen and oxygen atoms in total. The molecule has 0 saturated heterocycles. The Morgan fingerprint density at radius 1 is 1.20 bits per heavy atom. The Balaban J connectivity index is 2.00. The van der Waals surface area contributed by atoms with Gasteiger partial charge in [-0.2, -0.15) is 13.2 Å². The molecule has 2 aromatic rings. The third-order valence-electron chi connectivity index (χ3n) is 4.26. The van der Waals surface area contributed by atoms with E-state index in [2.05, 4.69) is 9.98 Å². The lowest BCUT2D eigenvalue weighted by molar-refractivity contribution is -0.167. The second-order valence-corrected chi connectivity index (χ2v) is 6.04. The van der Waals surface area contributed by atoms with E-state index in [1.165, 1.54) is 24.3 Å². The molecule has 3 rings (SSSR count). The number of hydrogen-bond acceptors (Lipinski definition) is 3. The van der Waals surface area contributed by atoms with Crippen LogP contribution in [0, 0.1) is 11.7 Å². The van der Waals surface area contributed by atoms with Crippen LogP contribution < -0.4 is 4.90 Å². The van der Waals surface area contributed by atoms with Crippen molar-refractivity contribution in [3.63, 3.8) is 0 Å². The van der Waals surface area contributed by atoms with E-state index in [1.54, 1.807) is 15.8 Å². The zero-order valence-electron chi connectivity index (χ0n) is 13.9.